The van der Waals surface area contributed by atoms with Gasteiger partial charge in [-0.15, -0.1) is 0 Å². The van der Waals surface area contributed by atoms with Gasteiger partial charge in [-0.3, -0.25) is 0 Å². The van der Waals surface area contributed by atoms with Gasteiger partial charge >= 0.3 is 0 Å². The minimum atomic E-state index is -3.78. The van der Waals surface area contributed by atoms with Crippen LogP contribution in [0.15, 0.2) is 41.4 Å². The maximum atomic E-state index is 12.2. The number of pyridine rings is 1. The smallest absolute Gasteiger partial charge is 0.244 e. The number of hydrogen-bond donors (Lipinski definition) is 2. The summed E-state index contributed by atoms with van der Waals surface area (Å²) in [7, 11) is -2.29. The minimum absolute atomic E-state index is 0.0144. The molecule has 0 spiro atoms. The van der Waals surface area contributed by atoms with Crippen LogP contribution in [-0.2, 0) is 16.6 Å². The summed E-state index contributed by atoms with van der Waals surface area (Å²) in [4.78, 5) is 3.69. The van der Waals surface area contributed by atoms with E-state index in [2.05, 4.69) is 9.71 Å². The molecule has 0 radical (unpaired) electrons. The van der Waals surface area contributed by atoms with Crippen molar-refractivity contribution in [1.29, 1.82) is 0 Å². The van der Waals surface area contributed by atoms with E-state index in [1.165, 1.54) is 25.4 Å². The third-order valence-electron chi connectivity index (χ3n) is 2.82. The van der Waals surface area contributed by atoms with E-state index in [9.17, 15) is 8.42 Å². The number of nitrogen functional groups attached to an aromatic ring is 1. The van der Waals surface area contributed by atoms with E-state index < -0.39 is 10.0 Å². The number of nitrogens with zero attached hydrogens (tertiary/aromatic N) is 1. The largest absolute Gasteiger partial charge is 0.496 e. The summed E-state index contributed by atoms with van der Waals surface area (Å²) in [6, 6.07) is 7.97. The van der Waals surface area contributed by atoms with Crippen LogP contribution in [0.4, 0.5) is 5.82 Å². The standard InChI is InChI=1S/C13H14ClN3O3S/c1-20-11-5-2-4-10(14)9(11)8-17-21(18,19)12-6-3-7-16-13(12)15/h2-7,17H,8H2,1H3,(H2,15,16). The highest BCUT2D eigenvalue weighted by Crippen LogP contribution is 2.26. The number of anilines is 1. The highest BCUT2D eigenvalue weighted by molar-refractivity contribution is 7.89. The van der Waals surface area contributed by atoms with Crippen LogP contribution in [0.25, 0.3) is 0 Å². The van der Waals surface area contributed by atoms with Crippen molar-refractivity contribution in [2.45, 2.75) is 11.4 Å². The number of halogens is 1. The molecule has 2 rings (SSSR count). The van der Waals surface area contributed by atoms with E-state index in [0.29, 0.717) is 16.3 Å². The van der Waals surface area contributed by atoms with E-state index >= 15 is 0 Å². The number of benzene rings is 1. The molecular weight excluding hydrogens is 314 g/mol. The van der Waals surface area contributed by atoms with Gasteiger partial charge in [0, 0.05) is 23.3 Å². The van der Waals surface area contributed by atoms with Gasteiger partial charge in [0.15, 0.2) is 0 Å². The van der Waals surface area contributed by atoms with E-state index in [-0.39, 0.29) is 17.3 Å². The van der Waals surface area contributed by atoms with Crippen molar-refractivity contribution in [3.8, 4) is 5.75 Å². The van der Waals surface area contributed by atoms with Crippen LogP contribution >= 0.6 is 11.6 Å². The fourth-order valence-corrected chi connectivity index (χ4v) is 3.08. The molecule has 0 amide bonds. The molecular formula is C13H14ClN3O3S. The Balaban J connectivity index is 2.26. The first-order valence-electron chi connectivity index (χ1n) is 5.97. The lowest BCUT2D eigenvalue weighted by molar-refractivity contribution is 0.409. The second-order valence-corrected chi connectivity index (χ2v) is 6.27. The average molecular weight is 328 g/mol. The van der Waals surface area contributed by atoms with Crippen LogP contribution in [0, 0.1) is 0 Å². The second kappa shape index (κ2) is 6.30. The van der Waals surface area contributed by atoms with Gasteiger partial charge in [0.25, 0.3) is 0 Å². The molecule has 1 aromatic carbocycles. The molecule has 1 aromatic heterocycles. The van der Waals surface area contributed by atoms with Gasteiger partial charge in [-0.1, -0.05) is 17.7 Å². The van der Waals surface area contributed by atoms with Crippen LogP contribution < -0.4 is 15.2 Å². The Bertz CT molecular complexity index is 750. The fraction of sp³-hybridized carbons (Fsp3) is 0.154. The van der Waals surface area contributed by atoms with Crippen LogP contribution in [0.5, 0.6) is 5.75 Å². The molecule has 0 unspecified atom stereocenters. The Morgan fingerprint density at radius 3 is 2.76 bits per heavy atom. The summed E-state index contributed by atoms with van der Waals surface area (Å²) < 4.78 is 32.0. The first kappa shape index (κ1) is 15.6. The second-order valence-electron chi connectivity index (χ2n) is 4.13. The monoisotopic (exact) mass is 327 g/mol. The minimum Gasteiger partial charge on any atom is -0.496 e. The summed E-state index contributed by atoms with van der Waals surface area (Å²) in [5.74, 6) is 0.445. The number of hydrogen-bond acceptors (Lipinski definition) is 5. The number of aromatic nitrogens is 1. The molecule has 0 bridgehead atoms. The molecule has 21 heavy (non-hydrogen) atoms. The number of nitrogens with two attached hydrogens (primary N) is 1. The Kier molecular flexibility index (Phi) is 4.66. The third kappa shape index (κ3) is 3.44. The quantitative estimate of drug-likeness (QED) is 0.873. The summed E-state index contributed by atoms with van der Waals surface area (Å²) in [6.07, 6.45) is 1.42. The zero-order chi connectivity index (χ0) is 15.5. The molecule has 8 heteroatoms. The van der Waals surface area contributed by atoms with Crippen molar-refractivity contribution in [3.63, 3.8) is 0 Å². The van der Waals surface area contributed by atoms with Crippen LogP contribution in [0.2, 0.25) is 5.02 Å². The molecule has 0 fully saturated rings. The molecule has 2 aromatic rings. The number of nitrogens with one attached hydrogen (secondary N) is 1. The number of sulfonamides is 1. The molecule has 0 saturated heterocycles. The zero-order valence-electron chi connectivity index (χ0n) is 11.2. The molecule has 0 aliphatic rings. The van der Waals surface area contributed by atoms with Crippen molar-refractivity contribution < 1.29 is 13.2 Å². The summed E-state index contributed by atoms with van der Waals surface area (Å²) in [5, 5.41) is 0.413. The number of ether oxygens (including phenoxy) is 1. The lowest BCUT2D eigenvalue weighted by Crippen LogP contribution is -2.24. The van der Waals surface area contributed by atoms with Gasteiger partial charge in [0.2, 0.25) is 10.0 Å². The third-order valence-corrected chi connectivity index (χ3v) is 4.63. The molecule has 3 N–H and O–H groups in total. The average Bonchev–Trinajstić information content (AvgIpc) is 2.46. The van der Waals surface area contributed by atoms with E-state index in [4.69, 9.17) is 22.1 Å². The SMILES string of the molecule is COc1cccc(Cl)c1CNS(=O)(=O)c1cccnc1N. The normalized spacial score (nSPS) is 11.3. The maximum Gasteiger partial charge on any atom is 0.244 e. The number of methoxy groups -OCH3 is 1. The van der Waals surface area contributed by atoms with E-state index in [1.54, 1.807) is 18.2 Å². The predicted octanol–water partition coefficient (Wildman–Crippen LogP) is 1.80. The summed E-state index contributed by atoms with van der Waals surface area (Å²) in [5.41, 5.74) is 6.13. The molecule has 0 aliphatic carbocycles. The lowest BCUT2D eigenvalue weighted by Gasteiger charge is -2.12. The van der Waals surface area contributed by atoms with Gasteiger partial charge in [-0.25, -0.2) is 18.1 Å². The van der Waals surface area contributed by atoms with Crippen molar-refractivity contribution in [2.24, 2.45) is 0 Å². The predicted molar refractivity (Wildman–Crippen MR) is 80.7 cm³/mol. The van der Waals surface area contributed by atoms with E-state index in [0.717, 1.165) is 0 Å². The molecule has 0 saturated carbocycles. The molecule has 1 heterocycles. The van der Waals surface area contributed by atoms with Gasteiger partial charge in [0.05, 0.1) is 7.11 Å². The van der Waals surface area contributed by atoms with E-state index in [1.807, 2.05) is 0 Å². The Labute approximate surface area is 128 Å². The van der Waals surface area contributed by atoms with Gasteiger partial charge < -0.3 is 10.5 Å². The Hall–Kier alpha value is -1.83. The molecule has 0 atom stereocenters. The van der Waals surface area contributed by atoms with Crippen LogP contribution in [-0.4, -0.2) is 20.5 Å². The van der Waals surface area contributed by atoms with Crippen LogP contribution in [0.3, 0.4) is 0 Å². The maximum absolute atomic E-state index is 12.2. The highest BCUT2D eigenvalue weighted by Gasteiger charge is 2.19. The zero-order valence-corrected chi connectivity index (χ0v) is 12.8. The lowest BCUT2D eigenvalue weighted by atomic mass is 10.2. The van der Waals surface area contributed by atoms with Gasteiger partial charge in [-0.2, -0.15) is 0 Å². The summed E-state index contributed by atoms with van der Waals surface area (Å²) in [6.45, 7) is -0.0144. The molecule has 0 aliphatic heterocycles. The van der Waals surface area contributed by atoms with Crippen molar-refractivity contribution in [3.05, 3.63) is 47.1 Å². The highest BCUT2D eigenvalue weighted by atomic mass is 35.5. The first-order valence-corrected chi connectivity index (χ1v) is 7.83. The fourth-order valence-electron chi connectivity index (χ4n) is 1.78. The number of rotatable bonds is 5. The molecule has 112 valence electrons. The first-order chi connectivity index (χ1) is 9.95. The Morgan fingerprint density at radius 1 is 1.33 bits per heavy atom. The van der Waals surface area contributed by atoms with Crippen molar-refractivity contribution in [1.82, 2.24) is 9.71 Å². The Morgan fingerprint density at radius 2 is 2.10 bits per heavy atom. The van der Waals surface area contributed by atoms with Crippen LogP contribution in [0.1, 0.15) is 5.56 Å². The molecule has 6 nitrogen and oxygen atoms in total. The van der Waals surface area contributed by atoms with Crippen molar-refractivity contribution in [2.75, 3.05) is 12.8 Å². The van der Waals surface area contributed by atoms with Gasteiger partial charge in [-0.05, 0) is 24.3 Å². The summed E-state index contributed by atoms with van der Waals surface area (Å²) >= 11 is 6.06. The van der Waals surface area contributed by atoms with Gasteiger partial charge in [0.1, 0.15) is 16.5 Å². The topological polar surface area (TPSA) is 94.3 Å². The van der Waals surface area contributed by atoms with Crippen molar-refractivity contribution >= 4 is 27.4 Å².